The highest BCUT2D eigenvalue weighted by molar-refractivity contribution is 5.85. The van der Waals surface area contributed by atoms with Gasteiger partial charge in [-0.2, -0.15) is 0 Å². The van der Waals surface area contributed by atoms with Gasteiger partial charge in [-0.05, 0) is 81.3 Å². The topological polar surface area (TPSA) is 83.6 Å². The molecule has 0 amide bonds. The fraction of sp³-hybridized carbons (Fsp3) is 0.391. The summed E-state index contributed by atoms with van der Waals surface area (Å²) in [6.45, 7) is 9.14. The molecule has 0 bridgehead atoms. The first-order chi connectivity index (χ1) is 14.0. The van der Waals surface area contributed by atoms with E-state index in [0.29, 0.717) is 13.2 Å². The molecule has 156 valence electrons. The molecule has 29 heavy (non-hydrogen) atoms. The van der Waals surface area contributed by atoms with Gasteiger partial charge in [0.25, 0.3) is 0 Å². The van der Waals surface area contributed by atoms with Gasteiger partial charge in [-0.15, -0.1) is 0 Å². The van der Waals surface area contributed by atoms with Crippen molar-refractivity contribution < 1.29 is 19.9 Å². The molecular formula is C23H30N2O4. The van der Waals surface area contributed by atoms with Crippen LogP contribution in [0.5, 0.6) is 11.5 Å². The maximum Gasteiger partial charge on any atom is 0.131 e. The van der Waals surface area contributed by atoms with E-state index in [0.717, 1.165) is 64.1 Å². The predicted molar refractivity (Wildman–Crippen MR) is 115 cm³/mol. The van der Waals surface area contributed by atoms with Crippen LogP contribution in [0.3, 0.4) is 0 Å². The summed E-state index contributed by atoms with van der Waals surface area (Å²) in [5.74, 6) is 1.49. The van der Waals surface area contributed by atoms with Crippen molar-refractivity contribution in [1.82, 2.24) is 0 Å². The quantitative estimate of drug-likeness (QED) is 0.250. The Morgan fingerprint density at radius 1 is 0.759 bits per heavy atom. The van der Waals surface area contributed by atoms with Gasteiger partial charge in [0, 0.05) is 11.1 Å². The third-order valence-electron chi connectivity index (χ3n) is 4.62. The van der Waals surface area contributed by atoms with Crippen molar-refractivity contribution in [2.45, 2.75) is 47.0 Å². The molecule has 0 aliphatic rings. The summed E-state index contributed by atoms with van der Waals surface area (Å²) >= 11 is 0. The van der Waals surface area contributed by atoms with E-state index in [-0.39, 0.29) is 0 Å². The summed E-state index contributed by atoms with van der Waals surface area (Å²) in [4.78, 5) is 0. The fourth-order valence-corrected chi connectivity index (χ4v) is 3.36. The van der Waals surface area contributed by atoms with Gasteiger partial charge >= 0.3 is 0 Å². The zero-order valence-electron chi connectivity index (χ0n) is 17.6. The number of oxime groups is 2. The van der Waals surface area contributed by atoms with E-state index in [9.17, 15) is 0 Å². The standard InChI is InChI=1S/C23H30N2O4/c1-16-11-19(4)23(20(12-16)14-24-26)29-9-7-5-6-8-28-22-13-17(2)10-18(3)21(22)15-25-27/h10-15,26-27H,5-9H2,1-4H3/b24-14+,25-15-. The normalized spacial score (nSPS) is 11.4. The van der Waals surface area contributed by atoms with Crippen LogP contribution in [0.25, 0.3) is 0 Å². The number of unbranched alkanes of at least 4 members (excludes halogenated alkanes) is 2. The summed E-state index contributed by atoms with van der Waals surface area (Å²) in [5.41, 5.74) is 5.82. The van der Waals surface area contributed by atoms with E-state index < -0.39 is 0 Å². The fourth-order valence-electron chi connectivity index (χ4n) is 3.36. The number of hydrogen-bond acceptors (Lipinski definition) is 6. The lowest BCUT2D eigenvalue weighted by atomic mass is 10.1. The molecule has 0 aliphatic heterocycles. The molecule has 6 nitrogen and oxygen atoms in total. The number of ether oxygens (including phenoxy) is 2. The van der Waals surface area contributed by atoms with Crippen LogP contribution in [-0.4, -0.2) is 36.1 Å². The Bertz CT molecular complexity index is 876. The van der Waals surface area contributed by atoms with E-state index in [4.69, 9.17) is 19.9 Å². The van der Waals surface area contributed by atoms with Crippen LogP contribution in [0.1, 0.15) is 52.6 Å². The largest absolute Gasteiger partial charge is 0.493 e. The molecule has 0 atom stereocenters. The molecule has 6 heteroatoms. The monoisotopic (exact) mass is 398 g/mol. The maximum absolute atomic E-state index is 8.87. The Morgan fingerprint density at radius 2 is 1.38 bits per heavy atom. The third-order valence-corrected chi connectivity index (χ3v) is 4.62. The van der Waals surface area contributed by atoms with Crippen molar-refractivity contribution in [2.24, 2.45) is 10.3 Å². The van der Waals surface area contributed by atoms with Gasteiger partial charge in [-0.1, -0.05) is 22.4 Å². The van der Waals surface area contributed by atoms with Crippen LogP contribution in [0.4, 0.5) is 0 Å². The molecule has 0 aliphatic carbocycles. The summed E-state index contributed by atoms with van der Waals surface area (Å²) < 4.78 is 11.8. The lowest BCUT2D eigenvalue weighted by Gasteiger charge is -2.14. The van der Waals surface area contributed by atoms with Gasteiger partial charge in [-0.3, -0.25) is 0 Å². The second-order valence-corrected chi connectivity index (χ2v) is 7.24. The average molecular weight is 399 g/mol. The Balaban J connectivity index is 1.81. The van der Waals surface area contributed by atoms with Gasteiger partial charge < -0.3 is 19.9 Å². The first kappa shape index (κ1) is 22.3. The molecule has 0 saturated heterocycles. The lowest BCUT2D eigenvalue weighted by molar-refractivity contribution is 0.277. The van der Waals surface area contributed by atoms with Crippen LogP contribution in [0.2, 0.25) is 0 Å². The number of aryl methyl sites for hydroxylation is 4. The number of nitrogens with zero attached hydrogens (tertiary/aromatic N) is 2. The number of benzene rings is 2. The molecule has 2 aromatic carbocycles. The molecule has 0 aromatic heterocycles. The van der Waals surface area contributed by atoms with E-state index in [1.54, 1.807) is 0 Å². The van der Waals surface area contributed by atoms with E-state index in [2.05, 4.69) is 16.4 Å². The van der Waals surface area contributed by atoms with Crippen LogP contribution >= 0.6 is 0 Å². The maximum atomic E-state index is 8.87. The predicted octanol–water partition coefficient (Wildman–Crippen LogP) is 5.16. The molecule has 2 aromatic rings. The minimum Gasteiger partial charge on any atom is -0.493 e. The van der Waals surface area contributed by atoms with Crippen molar-refractivity contribution in [3.8, 4) is 11.5 Å². The van der Waals surface area contributed by atoms with Crippen molar-refractivity contribution in [2.75, 3.05) is 13.2 Å². The second kappa shape index (κ2) is 11.1. The lowest BCUT2D eigenvalue weighted by Crippen LogP contribution is -2.05. The van der Waals surface area contributed by atoms with E-state index in [1.165, 1.54) is 12.4 Å². The highest BCUT2D eigenvalue weighted by atomic mass is 16.5. The molecule has 0 unspecified atom stereocenters. The first-order valence-corrected chi connectivity index (χ1v) is 9.79. The number of rotatable bonds is 10. The first-order valence-electron chi connectivity index (χ1n) is 9.79. The van der Waals surface area contributed by atoms with Gasteiger partial charge in [0.15, 0.2) is 0 Å². The molecule has 0 fully saturated rings. The van der Waals surface area contributed by atoms with Gasteiger partial charge in [-0.25, -0.2) is 0 Å². The van der Waals surface area contributed by atoms with Gasteiger partial charge in [0.05, 0.1) is 25.6 Å². The van der Waals surface area contributed by atoms with Crippen LogP contribution in [0.15, 0.2) is 34.6 Å². The molecule has 0 spiro atoms. The highest BCUT2D eigenvalue weighted by Gasteiger charge is 2.08. The minimum absolute atomic E-state index is 0.584. The van der Waals surface area contributed by atoms with Crippen LogP contribution in [-0.2, 0) is 0 Å². The summed E-state index contributed by atoms with van der Waals surface area (Å²) in [7, 11) is 0. The van der Waals surface area contributed by atoms with E-state index >= 15 is 0 Å². The zero-order chi connectivity index (χ0) is 21.2. The molecule has 0 heterocycles. The molecule has 0 saturated carbocycles. The summed E-state index contributed by atoms with van der Waals surface area (Å²) in [5, 5.41) is 24.0. The summed E-state index contributed by atoms with van der Waals surface area (Å²) in [6.07, 6.45) is 5.56. The van der Waals surface area contributed by atoms with Crippen molar-refractivity contribution >= 4 is 12.4 Å². The van der Waals surface area contributed by atoms with E-state index in [1.807, 2.05) is 45.9 Å². The molecule has 2 rings (SSSR count). The molecular weight excluding hydrogens is 368 g/mol. The molecule has 0 radical (unpaired) electrons. The van der Waals surface area contributed by atoms with Crippen molar-refractivity contribution in [3.05, 3.63) is 57.6 Å². The second-order valence-electron chi connectivity index (χ2n) is 7.24. The van der Waals surface area contributed by atoms with Crippen molar-refractivity contribution in [3.63, 3.8) is 0 Å². The zero-order valence-corrected chi connectivity index (χ0v) is 17.6. The Morgan fingerprint density at radius 3 is 2.07 bits per heavy atom. The Hall–Kier alpha value is -3.02. The van der Waals surface area contributed by atoms with Crippen molar-refractivity contribution in [1.29, 1.82) is 0 Å². The Labute approximate surface area is 172 Å². The van der Waals surface area contributed by atoms with Crippen LogP contribution < -0.4 is 9.47 Å². The smallest absolute Gasteiger partial charge is 0.131 e. The highest BCUT2D eigenvalue weighted by Crippen LogP contribution is 2.25. The van der Waals surface area contributed by atoms with Gasteiger partial charge in [0.2, 0.25) is 0 Å². The van der Waals surface area contributed by atoms with Crippen LogP contribution in [0, 0.1) is 27.7 Å². The number of hydrogen-bond donors (Lipinski definition) is 2. The minimum atomic E-state index is 0.584. The summed E-state index contributed by atoms with van der Waals surface area (Å²) in [6, 6.07) is 7.98. The Kier molecular flexibility index (Phi) is 8.52. The van der Waals surface area contributed by atoms with Gasteiger partial charge in [0.1, 0.15) is 11.5 Å². The SMILES string of the molecule is Cc1cc(C)c(OCCCCCOc2cc(C)cc(C)c2/C=N\O)c(/C=N/O)c1. The average Bonchev–Trinajstić information content (AvgIpc) is 2.65. The third kappa shape index (κ3) is 6.52. The molecule has 2 N–H and O–H groups in total.